The molecular formula is C13H12N4O6S2. The number of fused-ring (bicyclic) bond motifs is 3. The van der Waals surface area contributed by atoms with Crippen LogP contribution in [-0.2, 0) is 20.0 Å². The van der Waals surface area contributed by atoms with E-state index in [9.17, 15) is 21.6 Å². The van der Waals surface area contributed by atoms with Gasteiger partial charge in [-0.25, -0.2) is 21.6 Å². The van der Waals surface area contributed by atoms with Crippen molar-refractivity contribution in [1.29, 1.82) is 0 Å². The van der Waals surface area contributed by atoms with Crippen molar-refractivity contribution in [2.24, 2.45) is 11.7 Å². The molecule has 12 heteroatoms. The zero-order valence-corrected chi connectivity index (χ0v) is 14.0. The van der Waals surface area contributed by atoms with Crippen LogP contribution in [0.15, 0.2) is 55.4 Å². The highest BCUT2D eigenvalue weighted by atomic mass is 32.2. The second-order valence-corrected chi connectivity index (χ2v) is 8.43. The van der Waals surface area contributed by atoms with Crippen LogP contribution in [0.1, 0.15) is 0 Å². The predicted molar refractivity (Wildman–Crippen MR) is 89.0 cm³/mol. The smallest absolute Gasteiger partial charge is 0.344 e. The SMILES string of the molecule is NNS(=O)(=O)c1ccc2c(c1)oc(=O)c1cc(S(=O)(=O)NN)ccc12. The second kappa shape index (κ2) is 5.87. The van der Waals surface area contributed by atoms with Gasteiger partial charge in [0.05, 0.1) is 15.2 Å². The number of rotatable bonds is 4. The maximum atomic E-state index is 12.2. The molecule has 0 fully saturated rings. The van der Waals surface area contributed by atoms with Crippen LogP contribution in [0.25, 0.3) is 21.7 Å². The van der Waals surface area contributed by atoms with Crippen molar-refractivity contribution in [1.82, 2.24) is 9.66 Å². The lowest BCUT2D eigenvalue weighted by Gasteiger charge is -2.07. The predicted octanol–water partition coefficient (Wildman–Crippen LogP) is -0.750. The molecule has 6 N–H and O–H groups in total. The second-order valence-electron chi connectivity index (χ2n) is 5.00. The summed E-state index contributed by atoms with van der Waals surface area (Å²) < 4.78 is 52.1. The maximum absolute atomic E-state index is 12.2. The van der Waals surface area contributed by atoms with Crippen LogP contribution >= 0.6 is 0 Å². The molecule has 0 bridgehead atoms. The molecule has 0 atom stereocenters. The Bertz CT molecular complexity index is 1260. The minimum absolute atomic E-state index is 0.0105. The molecule has 2 aromatic carbocycles. The molecule has 1 aromatic heterocycles. The molecule has 0 amide bonds. The fourth-order valence-electron chi connectivity index (χ4n) is 2.36. The summed E-state index contributed by atoms with van der Waals surface area (Å²) in [4.78, 5) is 15.1. The van der Waals surface area contributed by atoms with E-state index in [1.165, 1.54) is 24.3 Å². The molecule has 132 valence electrons. The van der Waals surface area contributed by atoms with Gasteiger partial charge in [0.2, 0.25) is 0 Å². The van der Waals surface area contributed by atoms with Gasteiger partial charge in [-0.3, -0.25) is 11.7 Å². The monoisotopic (exact) mass is 384 g/mol. The van der Waals surface area contributed by atoms with Crippen molar-refractivity contribution in [3.63, 3.8) is 0 Å². The summed E-state index contributed by atoms with van der Waals surface area (Å²) in [5.74, 6) is 9.94. The molecule has 0 aliphatic heterocycles. The van der Waals surface area contributed by atoms with Crippen LogP contribution in [0.3, 0.4) is 0 Å². The molecular weight excluding hydrogens is 372 g/mol. The Balaban J connectivity index is 2.35. The molecule has 25 heavy (non-hydrogen) atoms. The molecule has 0 spiro atoms. The van der Waals surface area contributed by atoms with Gasteiger partial charge < -0.3 is 4.42 Å². The Labute approximate surface area is 141 Å². The third-order valence-electron chi connectivity index (χ3n) is 3.59. The highest BCUT2D eigenvalue weighted by Crippen LogP contribution is 2.26. The van der Waals surface area contributed by atoms with Crippen LogP contribution in [0.2, 0.25) is 0 Å². The highest BCUT2D eigenvalue weighted by molar-refractivity contribution is 7.89. The Hall–Kier alpha value is -2.35. The van der Waals surface area contributed by atoms with Gasteiger partial charge in [0, 0.05) is 16.8 Å². The first-order chi connectivity index (χ1) is 11.7. The summed E-state index contributed by atoms with van der Waals surface area (Å²) in [5, 5.41) is 0.832. The molecule has 3 rings (SSSR count). The van der Waals surface area contributed by atoms with Crippen molar-refractivity contribution in [2.75, 3.05) is 0 Å². The Morgan fingerprint density at radius 1 is 0.760 bits per heavy atom. The van der Waals surface area contributed by atoms with Crippen LogP contribution < -0.4 is 27.0 Å². The number of hydrogen-bond donors (Lipinski definition) is 4. The molecule has 0 aliphatic carbocycles. The van der Waals surface area contributed by atoms with Crippen LogP contribution in [-0.4, -0.2) is 16.8 Å². The largest absolute Gasteiger partial charge is 0.422 e. The van der Waals surface area contributed by atoms with E-state index in [2.05, 4.69) is 0 Å². The van der Waals surface area contributed by atoms with Crippen LogP contribution in [0.4, 0.5) is 0 Å². The average Bonchev–Trinajstić information content (AvgIpc) is 2.61. The van der Waals surface area contributed by atoms with Gasteiger partial charge in [-0.05, 0) is 24.3 Å². The minimum Gasteiger partial charge on any atom is -0.422 e. The average molecular weight is 384 g/mol. The lowest BCUT2D eigenvalue weighted by Crippen LogP contribution is -2.30. The summed E-state index contributed by atoms with van der Waals surface area (Å²) in [6.45, 7) is 0. The summed E-state index contributed by atoms with van der Waals surface area (Å²) in [6.07, 6.45) is 0. The van der Waals surface area contributed by atoms with Gasteiger partial charge in [-0.15, -0.1) is 0 Å². The van der Waals surface area contributed by atoms with Crippen LogP contribution in [0, 0.1) is 0 Å². The zero-order valence-electron chi connectivity index (χ0n) is 12.4. The van der Waals surface area contributed by atoms with E-state index < -0.39 is 25.7 Å². The van der Waals surface area contributed by atoms with Crippen molar-refractivity contribution in [2.45, 2.75) is 9.79 Å². The molecule has 3 aromatic rings. The number of nitrogens with one attached hydrogen (secondary N) is 2. The van der Waals surface area contributed by atoms with E-state index in [1.807, 2.05) is 0 Å². The van der Waals surface area contributed by atoms with Crippen molar-refractivity contribution < 1.29 is 21.3 Å². The van der Waals surface area contributed by atoms with Crippen molar-refractivity contribution in [3.8, 4) is 0 Å². The summed E-state index contributed by atoms with van der Waals surface area (Å²) in [5.41, 5.74) is -0.812. The Morgan fingerprint density at radius 3 is 1.84 bits per heavy atom. The lowest BCUT2D eigenvalue weighted by atomic mass is 10.1. The van der Waals surface area contributed by atoms with Gasteiger partial charge in [0.1, 0.15) is 5.58 Å². The normalized spacial score (nSPS) is 12.7. The quantitative estimate of drug-likeness (QED) is 0.197. The van der Waals surface area contributed by atoms with E-state index in [4.69, 9.17) is 16.1 Å². The van der Waals surface area contributed by atoms with E-state index >= 15 is 0 Å². The third-order valence-corrected chi connectivity index (χ3v) is 5.96. The van der Waals surface area contributed by atoms with E-state index in [1.54, 1.807) is 9.66 Å². The third kappa shape index (κ3) is 2.90. The molecule has 0 radical (unpaired) electrons. The summed E-state index contributed by atoms with van der Waals surface area (Å²) in [6, 6.07) is 7.67. The minimum atomic E-state index is -3.94. The summed E-state index contributed by atoms with van der Waals surface area (Å²) in [7, 11) is -7.86. The van der Waals surface area contributed by atoms with Gasteiger partial charge in [-0.1, -0.05) is 6.07 Å². The van der Waals surface area contributed by atoms with E-state index in [-0.39, 0.29) is 20.8 Å². The fourth-order valence-corrected chi connectivity index (χ4v) is 3.66. The topological polar surface area (TPSA) is 175 Å². The molecule has 0 aliphatic rings. The standard InChI is InChI=1S/C13H12N4O6S2/c14-16-24(19,20)7-1-3-9-10-4-2-8(25(21,22)17-15)6-12(10)23-13(18)11(9)5-7/h1-6,16-17H,14-15H2. The van der Waals surface area contributed by atoms with Crippen LogP contribution in [0.5, 0.6) is 0 Å². The van der Waals surface area contributed by atoms with E-state index in [0.29, 0.717) is 10.8 Å². The summed E-state index contributed by atoms with van der Waals surface area (Å²) >= 11 is 0. The molecule has 10 nitrogen and oxygen atoms in total. The molecule has 0 saturated carbocycles. The Morgan fingerprint density at radius 2 is 1.28 bits per heavy atom. The fraction of sp³-hybridized carbons (Fsp3) is 0. The number of hydrogen-bond acceptors (Lipinski definition) is 8. The number of benzene rings is 2. The first-order valence-electron chi connectivity index (χ1n) is 6.65. The molecule has 0 unspecified atom stereocenters. The number of hydrazine groups is 2. The first-order valence-corrected chi connectivity index (χ1v) is 9.62. The van der Waals surface area contributed by atoms with E-state index in [0.717, 1.165) is 12.1 Å². The maximum Gasteiger partial charge on any atom is 0.344 e. The van der Waals surface area contributed by atoms with Gasteiger partial charge in [0.15, 0.2) is 0 Å². The van der Waals surface area contributed by atoms with Gasteiger partial charge >= 0.3 is 5.63 Å². The zero-order chi connectivity index (χ0) is 18.4. The molecule has 0 saturated heterocycles. The molecule has 1 heterocycles. The number of sulfonamides is 2. The number of nitrogens with two attached hydrogens (primary N) is 2. The Kier molecular flexibility index (Phi) is 4.10. The lowest BCUT2D eigenvalue weighted by molar-refractivity contribution is 0.565. The van der Waals surface area contributed by atoms with Gasteiger partial charge in [-0.2, -0.15) is 9.66 Å². The highest BCUT2D eigenvalue weighted by Gasteiger charge is 2.17. The van der Waals surface area contributed by atoms with Crippen molar-refractivity contribution in [3.05, 3.63) is 46.8 Å². The van der Waals surface area contributed by atoms with Crippen molar-refractivity contribution >= 4 is 41.8 Å². The van der Waals surface area contributed by atoms with Gasteiger partial charge in [0.25, 0.3) is 20.0 Å². The first kappa shape index (κ1) is 17.5.